The Morgan fingerprint density at radius 3 is 2.50 bits per heavy atom. The van der Waals surface area contributed by atoms with Crippen molar-refractivity contribution in [2.45, 2.75) is 19.0 Å². The van der Waals surface area contributed by atoms with Crippen LogP contribution < -0.4 is 5.32 Å². The second-order valence-electron chi connectivity index (χ2n) is 7.84. The van der Waals surface area contributed by atoms with Gasteiger partial charge < -0.3 is 19.5 Å². The molecule has 2 aliphatic rings. The summed E-state index contributed by atoms with van der Waals surface area (Å²) in [5.74, 6) is -2.39. The van der Waals surface area contributed by atoms with Gasteiger partial charge >= 0.3 is 0 Å². The van der Waals surface area contributed by atoms with Gasteiger partial charge in [0.1, 0.15) is 0 Å². The molecule has 3 amide bonds. The molecule has 1 aromatic heterocycles. The van der Waals surface area contributed by atoms with Crippen LogP contribution in [0.15, 0.2) is 41.0 Å². The smallest absolute Gasteiger partial charge is 0.289 e. The van der Waals surface area contributed by atoms with Crippen molar-refractivity contribution in [1.82, 2.24) is 20.0 Å². The molecule has 0 unspecified atom stereocenters. The molecule has 4 rings (SSSR count). The summed E-state index contributed by atoms with van der Waals surface area (Å²) in [6.07, 6.45) is 1.36. The van der Waals surface area contributed by atoms with Crippen LogP contribution in [0.1, 0.15) is 22.5 Å². The number of hydrogen-bond acceptors (Lipinski definition) is 5. The number of furan rings is 1. The second kappa shape index (κ2) is 9.47. The van der Waals surface area contributed by atoms with E-state index in [0.717, 1.165) is 6.07 Å². The van der Waals surface area contributed by atoms with Crippen LogP contribution in [0.5, 0.6) is 0 Å². The number of benzene rings is 1. The topological polar surface area (TPSA) is 86.1 Å². The number of halogens is 2. The van der Waals surface area contributed by atoms with Crippen LogP contribution in [0.25, 0.3) is 0 Å². The van der Waals surface area contributed by atoms with E-state index in [-0.39, 0.29) is 42.0 Å². The van der Waals surface area contributed by atoms with Gasteiger partial charge in [-0.2, -0.15) is 0 Å². The third-order valence-electron chi connectivity index (χ3n) is 5.87. The van der Waals surface area contributed by atoms with Crippen molar-refractivity contribution >= 4 is 17.7 Å². The summed E-state index contributed by atoms with van der Waals surface area (Å²) in [4.78, 5) is 42.7. The zero-order valence-electron chi connectivity index (χ0n) is 17.4. The molecule has 1 N–H and O–H groups in total. The zero-order valence-corrected chi connectivity index (χ0v) is 17.4. The van der Waals surface area contributed by atoms with Crippen molar-refractivity contribution in [3.63, 3.8) is 0 Å². The molecule has 2 fully saturated rings. The van der Waals surface area contributed by atoms with Crippen molar-refractivity contribution in [3.05, 3.63) is 59.6 Å². The number of nitrogens with zero attached hydrogens (tertiary/aromatic N) is 3. The SMILES string of the molecule is O=C1NCCN(Cc2cccc(F)c2F)[C@H]1CC(=O)N1CCN(C(=O)c2ccco2)CC1. The Kier molecular flexibility index (Phi) is 6.50. The third kappa shape index (κ3) is 4.64. The average molecular weight is 446 g/mol. The molecule has 1 aromatic carbocycles. The van der Waals surface area contributed by atoms with E-state index in [1.165, 1.54) is 18.4 Å². The highest BCUT2D eigenvalue weighted by atomic mass is 19.2. The molecule has 32 heavy (non-hydrogen) atoms. The summed E-state index contributed by atoms with van der Waals surface area (Å²) in [5, 5.41) is 2.74. The van der Waals surface area contributed by atoms with Crippen molar-refractivity contribution in [1.29, 1.82) is 0 Å². The van der Waals surface area contributed by atoms with E-state index >= 15 is 0 Å². The third-order valence-corrected chi connectivity index (χ3v) is 5.87. The van der Waals surface area contributed by atoms with Gasteiger partial charge in [0.15, 0.2) is 17.4 Å². The molecule has 0 spiro atoms. The predicted octanol–water partition coefficient (Wildman–Crippen LogP) is 1.23. The van der Waals surface area contributed by atoms with E-state index in [4.69, 9.17) is 4.42 Å². The average Bonchev–Trinajstić information content (AvgIpc) is 3.34. The van der Waals surface area contributed by atoms with Crippen LogP contribution in [0, 0.1) is 11.6 Å². The summed E-state index contributed by atoms with van der Waals surface area (Å²) in [5.41, 5.74) is 0.141. The first-order valence-electron chi connectivity index (χ1n) is 10.5. The lowest BCUT2D eigenvalue weighted by Crippen LogP contribution is -2.57. The maximum absolute atomic E-state index is 14.1. The minimum atomic E-state index is -0.946. The van der Waals surface area contributed by atoms with Gasteiger partial charge in [-0.05, 0) is 18.2 Å². The van der Waals surface area contributed by atoms with E-state index in [2.05, 4.69) is 5.32 Å². The molecule has 1 atom stereocenters. The van der Waals surface area contributed by atoms with Crippen molar-refractivity contribution in [2.24, 2.45) is 0 Å². The van der Waals surface area contributed by atoms with Gasteiger partial charge in [0, 0.05) is 51.4 Å². The van der Waals surface area contributed by atoms with Gasteiger partial charge in [0.05, 0.1) is 18.7 Å². The van der Waals surface area contributed by atoms with E-state index in [1.807, 2.05) is 0 Å². The van der Waals surface area contributed by atoms with Gasteiger partial charge in [-0.1, -0.05) is 12.1 Å². The Bertz CT molecular complexity index is 990. The van der Waals surface area contributed by atoms with Gasteiger partial charge in [0.2, 0.25) is 11.8 Å². The number of rotatable bonds is 5. The highest BCUT2D eigenvalue weighted by Gasteiger charge is 2.34. The molecule has 10 heteroatoms. The molecule has 2 saturated heterocycles. The quantitative estimate of drug-likeness (QED) is 0.747. The normalized spacial score (nSPS) is 19.7. The molecule has 0 bridgehead atoms. The Balaban J connectivity index is 1.37. The second-order valence-corrected chi connectivity index (χ2v) is 7.84. The van der Waals surface area contributed by atoms with Crippen LogP contribution in [0.2, 0.25) is 0 Å². The Morgan fingerprint density at radius 2 is 1.78 bits per heavy atom. The minimum absolute atomic E-state index is 0.0282. The first-order chi connectivity index (χ1) is 15.4. The number of carbonyl (C=O) groups is 3. The first-order valence-corrected chi connectivity index (χ1v) is 10.5. The molecule has 0 saturated carbocycles. The Hall–Kier alpha value is -3.27. The van der Waals surface area contributed by atoms with Crippen LogP contribution >= 0.6 is 0 Å². The minimum Gasteiger partial charge on any atom is -0.459 e. The standard InChI is InChI=1S/C22H24F2N4O4/c23-16-4-1-3-15(20(16)24)14-28-7-6-25-21(30)17(28)13-19(29)26-8-10-27(11-9-26)22(31)18-5-2-12-32-18/h1-5,12,17H,6-11,13-14H2,(H,25,30)/t17-/m0/s1. The molecule has 0 radical (unpaired) electrons. The van der Waals surface area contributed by atoms with Gasteiger partial charge in [-0.15, -0.1) is 0 Å². The Labute approximate surface area is 183 Å². The maximum atomic E-state index is 14.1. The number of carbonyl (C=O) groups excluding carboxylic acids is 3. The summed E-state index contributed by atoms with van der Waals surface area (Å²) >= 11 is 0. The lowest BCUT2D eigenvalue weighted by atomic mass is 10.1. The van der Waals surface area contributed by atoms with E-state index < -0.39 is 17.7 Å². The van der Waals surface area contributed by atoms with E-state index in [1.54, 1.807) is 26.8 Å². The van der Waals surface area contributed by atoms with Crippen LogP contribution in [0.3, 0.4) is 0 Å². The molecule has 170 valence electrons. The summed E-state index contributed by atoms with van der Waals surface area (Å²) in [7, 11) is 0. The molecule has 2 aromatic rings. The zero-order chi connectivity index (χ0) is 22.7. The van der Waals surface area contributed by atoms with Crippen molar-refractivity contribution < 1.29 is 27.6 Å². The fourth-order valence-electron chi connectivity index (χ4n) is 4.07. The summed E-state index contributed by atoms with van der Waals surface area (Å²) in [6.45, 7) is 2.23. The molecular formula is C22H24F2N4O4. The molecule has 3 heterocycles. The molecular weight excluding hydrogens is 422 g/mol. The van der Waals surface area contributed by atoms with Gasteiger partial charge in [-0.3, -0.25) is 19.3 Å². The highest BCUT2D eigenvalue weighted by molar-refractivity contribution is 5.92. The summed E-state index contributed by atoms with van der Waals surface area (Å²) < 4.78 is 32.8. The largest absolute Gasteiger partial charge is 0.459 e. The van der Waals surface area contributed by atoms with Crippen molar-refractivity contribution in [2.75, 3.05) is 39.3 Å². The fraction of sp³-hybridized carbons (Fsp3) is 0.409. The van der Waals surface area contributed by atoms with Gasteiger partial charge in [0.25, 0.3) is 5.91 Å². The molecule has 2 aliphatic heterocycles. The number of piperazine rings is 2. The fourth-order valence-corrected chi connectivity index (χ4v) is 4.07. The maximum Gasteiger partial charge on any atom is 0.289 e. The monoisotopic (exact) mass is 446 g/mol. The summed E-state index contributed by atoms with van der Waals surface area (Å²) in [6, 6.07) is 6.39. The number of amides is 3. The Morgan fingerprint density at radius 1 is 1.03 bits per heavy atom. The lowest BCUT2D eigenvalue weighted by Gasteiger charge is -2.38. The van der Waals surface area contributed by atoms with E-state index in [0.29, 0.717) is 39.3 Å². The number of nitrogens with one attached hydrogen (secondary N) is 1. The lowest BCUT2D eigenvalue weighted by molar-refractivity contribution is -0.140. The van der Waals surface area contributed by atoms with Gasteiger partial charge in [-0.25, -0.2) is 8.78 Å². The van der Waals surface area contributed by atoms with E-state index in [9.17, 15) is 23.2 Å². The first kappa shape index (κ1) is 21.9. The van der Waals surface area contributed by atoms with Crippen LogP contribution in [0.4, 0.5) is 8.78 Å². The highest BCUT2D eigenvalue weighted by Crippen LogP contribution is 2.19. The molecule has 0 aliphatic carbocycles. The molecule has 8 nitrogen and oxygen atoms in total. The van der Waals surface area contributed by atoms with Crippen molar-refractivity contribution in [3.8, 4) is 0 Å². The van der Waals surface area contributed by atoms with Crippen LogP contribution in [-0.4, -0.2) is 77.7 Å². The predicted molar refractivity (Wildman–Crippen MR) is 109 cm³/mol. The number of hydrogen-bond donors (Lipinski definition) is 1. The van der Waals surface area contributed by atoms with Crippen LogP contribution in [-0.2, 0) is 16.1 Å².